The Morgan fingerprint density at radius 3 is 1.27 bits per heavy atom. The molecule has 0 N–H and O–H groups in total. The van der Waals surface area contributed by atoms with Gasteiger partial charge in [-0.3, -0.25) is 9.59 Å². The third-order valence-corrected chi connectivity index (χ3v) is 15.4. The van der Waals surface area contributed by atoms with Crippen LogP contribution in [-0.2, 0) is 53.8 Å². The lowest BCUT2D eigenvalue weighted by Crippen LogP contribution is -2.38. The molecular formula is C58H50F2N4O6. The highest BCUT2D eigenvalue weighted by Gasteiger charge is 2.79. The van der Waals surface area contributed by atoms with Crippen LogP contribution >= 0.6 is 0 Å². The zero-order valence-corrected chi connectivity index (χ0v) is 39.7. The minimum Gasteiger partial charge on any atom is -0.465 e. The van der Waals surface area contributed by atoms with Gasteiger partial charge in [-0.25, -0.2) is 28.1 Å². The van der Waals surface area contributed by atoms with Crippen molar-refractivity contribution in [1.82, 2.24) is 0 Å². The second-order valence-corrected chi connectivity index (χ2v) is 19.2. The van der Waals surface area contributed by atoms with E-state index in [4.69, 9.17) is 22.6 Å². The van der Waals surface area contributed by atoms with Crippen LogP contribution in [0.3, 0.4) is 0 Å². The van der Waals surface area contributed by atoms with E-state index in [1.54, 1.807) is 82.6 Å². The third-order valence-electron chi connectivity index (χ3n) is 15.4. The van der Waals surface area contributed by atoms with Gasteiger partial charge >= 0.3 is 11.9 Å². The zero-order valence-electron chi connectivity index (χ0n) is 39.7. The SMILES string of the molecule is [C-]#[N+]c1ccc([C@@]2(C(C)C)C[C@]23C(=O)N(Cc2cccc(C(=O)OC)c2)c2ccc(F)cc23)cc1.[C-]#[N+]c1ccc([C@]2(C(C)C)C[C@@]23C(=O)N(Cc2cccc(C(=O)OC)c2)c2ccc(F)cc23)cc1. The first-order valence-electron chi connectivity index (χ1n) is 23.1. The van der Waals surface area contributed by atoms with E-state index in [1.807, 2.05) is 36.4 Å². The summed E-state index contributed by atoms with van der Waals surface area (Å²) in [5, 5.41) is 0. The van der Waals surface area contributed by atoms with E-state index in [1.165, 1.54) is 38.5 Å². The zero-order chi connectivity index (χ0) is 49.9. The van der Waals surface area contributed by atoms with Crippen LogP contribution in [0.15, 0.2) is 133 Å². The molecule has 4 aliphatic rings. The fraction of sp³-hybridized carbons (Fsp3) is 0.276. The fourth-order valence-electron chi connectivity index (χ4n) is 12.0. The van der Waals surface area contributed by atoms with Gasteiger partial charge in [-0.05, 0) is 119 Å². The molecule has 0 aromatic heterocycles. The first kappa shape index (κ1) is 47.1. The van der Waals surface area contributed by atoms with E-state index in [0.29, 0.717) is 57.8 Å². The summed E-state index contributed by atoms with van der Waals surface area (Å²) < 4.78 is 38.7. The molecule has 6 aromatic carbocycles. The van der Waals surface area contributed by atoms with Crippen molar-refractivity contribution in [3.63, 3.8) is 0 Å². The van der Waals surface area contributed by atoms with Gasteiger partial charge in [0.1, 0.15) is 11.6 Å². The second kappa shape index (κ2) is 17.5. The predicted octanol–water partition coefficient (Wildman–Crippen LogP) is 11.9. The van der Waals surface area contributed by atoms with Crippen molar-refractivity contribution in [3.8, 4) is 0 Å². The topological polar surface area (TPSA) is 102 Å². The lowest BCUT2D eigenvalue weighted by Gasteiger charge is -2.27. The molecular weight excluding hydrogens is 887 g/mol. The Morgan fingerprint density at radius 1 is 0.571 bits per heavy atom. The number of carbonyl (C=O) groups is 4. The number of halogens is 2. The summed E-state index contributed by atoms with van der Waals surface area (Å²) in [5.74, 6) is -1.57. The number of anilines is 2. The molecule has 4 atom stereocenters. The largest absolute Gasteiger partial charge is 0.465 e. The standard InChI is InChI=1S/2C29H25FN2O3/c2*1-18(2)28(21-8-11-23(31-3)12-9-21)17-29(28)24-15-22(30)10-13-25(24)32(27(29)34)16-19-6-5-7-20(14-19)26(33)35-4/h2*5-15,18H,16-17H2,1-2,4H3/t2*28-,29-/m10/s1. The number of nitrogens with zero attached hydrogens (tertiary/aromatic N) is 4. The Kier molecular flexibility index (Phi) is 11.8. The Labute approximate surface area is 406 Å². The number of benzene rings is 6. The highest BCUT2D eigenvalue weighted by molar-refractivity contribution is 6.13. The van der Waals surface area contributed by atoms with E-state index < -0.39 is 33.6 Å². The van der Waals surface area contributed by atoms with E-state index in [2.05, 4.69) is 37.4 Å². The van der Waals surface area contributed by atoms with Gasteiger partial charge < -0.3 is 19.3 Å². The first-order chi connectivity index (χ1) is 33.6. The predicted molar refractivity (Wildman–Crippen MR) is 262 cm³/mol. The maximum absolute atomic E-state index is 14.5. The Bertz CT molecular complexity index is 3000. The van der Waals surface area contributed by atoms with Gasteiger partial charge in [-0.1, -0.05) is 100 Å². The summed E-state index contributed by atoms with van der Waals surface area (Å²) in [6.45, 7) is 23.4. The normalized spacial score (nSPS) is 22.3. The maximum atomic E-state index is 14.5. The summed E-state index contributed by atoms with van der Waals surface area (Å²) >= 11 is 0. The first-order valence-corrected chi connectivity index (χ1v) is 23.1. The van der Waals surface area contributed by atoms with Crippen molar-refractivity contribution in [3.05, 3.63) is 212 Å². The number of hydrogen-bond donors (Lipinski definition) is 0. The lowest BCUT2D eigenvalue weighted by atomic mass is 9.75. The molecule has 2 saturated carbocycles. The molecule has 0 saturated heterocycles. The highest BCUT2D eigenvalue weighted by atomic mass is 19.1. The number of methoxy groups -OCH3 is 2. The van der Waals surface area contributed by atoms with Crippen LogP contribution in [0, 0.1) is 36.6 Å². The molecule has 2 fully saturated rings. The molecule has 352 valence electrons. The monoisotopic (exact) mass is 936 g/mol. The molecule has 70 heavy (non-hydrogen) atoms. The minimum atomic E-state index is -0.877. The van der Waals surface area contributed by atoms with Crippen LogP contribution in [0.1, 0.15) is 94.6 Å². The molecule has 10 nitrogen and oxygen atoms in total. The summed E-state index contributed by atoms with van der Waals surface area (Å²) in [6, 6.07) is 38.0. The van der Waals surface area contributed by atoms with Crippen LogP contribution in [0.4, 0.5) is 31.5 Å². The molecule has 0 unspecified atom stereocenters. The Hall–Kier alpha value is -7.96. The Balaban J connectivity index is 0.000000174. The van der Waals surface area contributed by atoms with E-state index in [-0.39, 0.29) is 48.4 Å². The molecule has 0 radical (unpaired) electrons. The van der Waals surface area contributed by atoms with Crippen molar-refractivity contribution in [2.45, 2.75) is 75.3 Å². The maximum Gasteiger partial charge on any atom is 0.337 e. The van der Waals surface area contributed by atoms with E-state index in [9.17, 15) is 28.0 Å². The van der Waals surface area contributed by atoms with Crippen LogP contribution in [-0.4, -0.2) is 38.0 Å². The number of carbonyl (C=O) groups excluding carboxylic acids is 4. The van der Waals surface area contributed by atoms with Crippen molar-refractivity contribution < 1.29 is 37.4 Å². The van der Waals surface area contributed by atoms with E-state index >= 15 is 0 Å². The summed E-state index contributed by atoms with van der Waals surface area (Å²) in [4.78, 5) is 62.9. The number of rotatable bonds is 10. The average molecular weight is 937 g/mol. The van der Waals surface area contributed by atoms with Gasteiger partial charge in [0, 0.05) is 22.2 Å². The fourth-order valence-corrected chi connectivity index (χ4v) is 12.0. The van der Waals surface area contributed by atoms with Crippen LogP contribution in [0.25, 0.3) is 9.69 Å². The van der Waals surface area contributed by atoms with Crippen molar-refractivity contribution >= 4 is 46.5 Å². The highest BCUT2D eigenvalue weighted by Crippen LogP contribution is 2.74. The molecule has 12 heteroatoms. The number of esters is 2. The van der Waals surface area contributed by atoms with Gasteiger partial charge in [-0.15, -0.1) is 0 Å². The van der Waals surface area contributed by atoms with E-state index in [0.717, 1.165) is 22.3 Å². The summed E-state index contributed by atoms with van der Waals surface area (Å²) in [6.07, 6.45) is 1.14. The minimum absolute atomic E-state index is 0.0653. The molecule has 6 aromatic rings. The van der Waals surface area contributed by atoms with Crippen LogP contribution < -0.4 is 9.80 Å². The van der Waals surface area contributed by atoms with Gasteiger partial charge in [0.2, 0.25) is 11.8 Å². The van der Waals surface area contributed by atoms with Gasteiger partial charge in [-0.2, -0.15) is 0 Å². The summed E-state index contributed by atoms with van der Waals surface area (Å²) in [5.41, 5.74) is 5.47. The van der Waals surface area contributed by atoms with Gasteiger partial charge in [0.25, 0.3) is 0 Å². The number of amides is 2. The molecule has 2 aliphatic heterocycles. The van der Waals surface area contributed by atoms with Crippen molar-refractivity contribution in [2.75, 3.05) is 24.0 Å². The van der Waals surface area contributed by atoms with Gasteiger partial charge in [0.05, 0.1) is 62.4 Å². The summed E-state index contributed by atoms with van der Waals surface area (Å²) in [7, 11) is 2.66. The van der Waals surface area contributed by atoms with Crippen LogP contribution in [0.2, 0.25) is 0 Å². The van der Waals surface area contributed by atoms with Crippen molar-refractivity contribution in [1.29, 1.82) is 0 Å². The number of ether oxygens (including phenoxy) is 2. The molecule has 2 aliphatic carbocycles. The number of fused-ring (bicyclic) bond motifs is 4. The smallest absolute Gasteiger partial charge is 0.337 e. The second-order valence-electron chi connectivity index (χ2n) is 19.2. The van der Waals surface area contributed by atoms with Crippen LogP contribution in [0.5, 0.6) is 0 Å². The molecule has 2 amide bonds. The van der Waals surface area contributed by atoms with Crippen molar-refractivity contribution in [2.24, 2.45) is 11.8 Å². The molecule has 2 heterocycles. The Morgan fingerprint density at radius 2 is 0.943 bits per heavy atom. The lowest BCUT2D eigenvalue weighted by molar-refractivity contribution is -0.121. The molecule has 10 rings (SSSR count). The van der Waals surface area contributed by atoms with Gasteiger partial charge in [0.15, 0.2) is 11.4 Å². The molecule has 2 spiro atoms. The molecule has 0 bridgehead atoms. The number of hydrogen-bond acceptors (Lipinski definition) is 6. The third kappa shape index (κ3) is 7.07. The average Bonchev–Trinajstić information content (AvgIpc) is 4.25. The quantitative estimate of drug-likeness (QED) is 0.100.